The van der Waals surface area contributed by atoms with Gasteiger partial charge in [0.15, 0.2) is 6.61 Å². The minimum atomic E-state index is -0.140. The molecule has 0 aromatic heterocycles. The number of amides is 1. The van der Waals surface area contributed by atoms with E-state index in [-0.39, 0.29) is 12.5 Å². The molecule has 1 amide bonds. The Balaban J connectivity index is 1.86. The van der Waals surface area contributed by atoms with Crippen LogP contribution >= 0.6 is 11.6 Å². The molecule has 1 N–H and O–H groups in total. The van der Waals surface area contributed by atoms with Crippen molar-refractivity contribution in [3.63, 3.8) is 0 Å². The Bertz CT molecular complexity index is 640. The summed E-state index contributed by atoms with van der Waals surface area (Å²) in [5, 5.41) is 3.53. The van der Waals surface area contributed by atoms with Gasteiger partial charge in [0.25, 0.3) is 5.91 Å². The predicted octanol–water partition coefficient (Wildman–Crippen LogP) is 4.55. The molecular weight excluding hydrogens is 310 g/mol. The molecule has 0 aliphatic carbocycles. The van der Waals surface area contributed by atoms with Crippen molar-refractivity contribution < 1.29 is 9.53 Å². The first-order valence-corrected chi connectivity index (χ1v) is 8.20. The summed E-state index contributed by atoms with van der Waals surface area (Å²) in [4.78, 5) is 11.9. The van der Waals surface area contributed by atoms with E-state index in [1.165, 1.54) is 0 Å². The minimum Gasteiger partial charge on any atom is -0.483 e. The first-order chi connectivity index (χ1) is 11.1. The van der Waals surface area contributed by atoms with E-state index in [0.717, 1.165) is 23.3 Å². The zero-order valence-corrected chi connectivity index (χ0v) is 14.3. The van der Waals surface area contributed by atoms with Gasteiger partial charge in [-0.1, -0.05) is 55.8 Å². The van der Waals surface area contributed by atoms with Gasteiger partial charge in [0.2, 0.25) is 0 Å². The lowest BCUT2D eigenvalue weighted by atomic mass is 9.98. The van der Waals surface area contributed by atoms with E-state index in [0.29, 0.717) is 17.5 Å². The van der Waals surface area contributed by atoms with Crippen LogP contribution in [0.4, 0.5) is 0 Å². The van der Waals surface area contributed by atoms with Crippen LogP contribution in [0.15, 0.2) is 48.5 Å². The van der Waals surface area contributed by atoms with Crippen molar-refractivity contribution in [3.8, 4) is 5.75 Å². The molecule has 0 fully saturated rings. The van der Waals surface area contributed by atoms with Crippen LogP contribution in [0.2, 0.25) is 5.02 Å². The summed E-state index contributed by atoms with van der Waals surface area (Å²) in [5.41, 5.74) is 2.14. The number of para-hydroxylation sites is 1. The zero-order valence-electron chi connectivity index (χ0n) is 13.5. The molecule has 0 saturated carbocycles. The maximum atomic E-state index is 11.9. The third kappa shape index (κ3) is 5.29. The van der Waals surface area contributed by atoms with E-state index in [4.69, 9.17) is 16.3 Å². The quantitative estimate of drug-likeness (QED) is 0.808. The van der Waals surface area contributed by atoms with Crippen LogP contribution in [0.3, 0.4) is 0 Å². The molecule has 0 heterocycles. The maximum absolute atomic E-state index is 11.9. The molecule has 0 aliphatic heterocycles. The van der Waals surface area contributed by atoms with E-state index in [1.54, 1.807) is 0 Å². The summed E-state index contributed by atoms with van der Waals surface area (Å²) in [6.07, 6.45) is 1.03. The van der Waals surface area contributed by atoms with Crippen LogP contribution in [-0.2, 0) is 11.3 Å². The Morgan fingerprint density at radius 3 is 2.57 bits per heavy atom. The van der Waals surface area contributed by atoms with Crippen LogP contribution in [0.1, 0.15) is 37.3 Å². The van der Waals surface area contributed by atoms with Crippen molar-refractivity contribution >= 4 is 17.5 Å². The van der Waals surface area contributed by atoms with E-state index < -0.39 is 0 Å². The molecule has 23 heavy (non-hydrogen) atoms. The number of ether oxygens (including phenoxy) is 1. The number of hydrogen-bond acceptors (Lipinski definition) is 2. The molecule has 0 saturated heterocycles. The maximum Gasteiger partial charge on any atom is 0.258 e. The third-order valence-corrected chi connectivity index (χ3v) is 4.08. The molecule has 0 radical (unpaired) electrons. The van der Waals surface area contributed by atoms with E-state index in [9.17, 15) is 4.79 Å². The molecule has 0 bridgehead atoms. The number of carbonyl (C=O) groups is 1. The van der Waals surface area contributed by atoms with Gasteiger partial charge >= 0.3 is 0 Å². The highest BCUT2D eigenvalue weighted by atomic mass is 35.5. The predicted molar refractivity (Wildman–Crippen MR) is 93.9 cm³/mol. The molecule has 122 valence electrons. The summed E-state index contributed by atoms with van der Waals surface area (Å²) in [7, 11) is 0. The number of hydrogen-bond donors (Lipinski definition) is 1. The van der Waals surface area contributed by atoms with Gasteiger partial charge in [-0.15, -0.1) is 0 Å². The van der Waals surface area contributed by atoms with Crippen LogP contribution < -0.4 is 10.1 Å². The lowest BCUT2D eigenvalue weighted by molar-refractivity contribution is -0.123. The molecule has 2 aromatic rings. The molecule has 3 nitrogen and oxygen atoms in total. The minimum absolute atomic E-state index is 0.0149. The lowest BCUT2D eigenvalue weighted by Gasteiger charge is -2.15. The fraction of sp³-hybridized carbons (Fsp3) is 0.316. The monoisotopic (exact) mass is 331 g/mol. The smallest absolute Gasteiger partial charge is 0.258 e. The van der Waals surface area contributed by atoms with Gasteiger partial charge in [0.1, 0.15) is 5.75 Å². The first kappa shape index (κ1) is 17.4. The summed E-state index contributed by atoms with van der Waals surface area (Å²) in [6, 6.07) is 15.3. The molecule has 0 aliphatic rings. The average molecular weight is 332 g/mol. The standard InChI is InChI=1S/C19H22ClNO2/c1-3-14(2)17-6-4-5-7-18(17)23-13-19(22)21-12-15-8-10-16(20)11-9-15/h4-11,14H,3,12-13H2,1-2H3,(H,21,22). The molecule has 2 rings (SSSR count). The average Bonchev–Trinajstić information content (AvgIpc) is 2.59. The van der Waals surface area contributed by atoms with Gasteiger partial charge in [-0.05, 0) is 41.7 Å². The second-order valence-electron chi connectivity index (χ2n) is 5.54. The van der Waals surface area contributed by atoms with Crippen molar-refractivity contribution in [1.82, 2.24) is 5.32 Å². The number of nitrogens with one attached hydrogen (secondary N) is 1. The van der Waals surface area contributed by atoms with Crippen LogP contribution in [0.25, 0.3) is 0 Å². The Labute approximate surface area is 142 Å². The van der Waals surface area contributed by atoms with Gasteiger partial charge in [-0.2, -0.15) is 0 Å². The Kier molecular flexibility index (Phi) is 6.48. The van der Waals surface area contributed by atoms with E-state index in [1.807, 2.05) is 42.5 Å². The summed E-state index contributed by atoms with van der Waals surface area (Å²) in [6.45, 7) is 4.77. The number of carbonyl (C=O) groups excluding carboxylic acids is 1. The summed E-state index contributed by atoms with van der Waals surface area (Å²) < 4.78 is 5.70. The van der Waals surface area contributed by atoms with Crippen LogP contribution in [-0.4, -0.2) is 12.5 Å². The van der Waals surface area contributed by atoms with E-state index >= 15 is 0 Å². The molecule has 1 atom stereocenters. The van der Waals surface area contributed by atoms with Gasteiger partial charge in [-0.25, -0.2) is 0 Å². The molecular formula is C19H22ClNO2. The number of rotatable bonds is 7. The fourth-order valence-electron chi connectivity index (χ4n) is 2.24. The van der Waals surface area contributed by atoms with Crippen LogP contribution in [0, 0.1) is 0 Å². The van der Waals surface area contributed by atoms with Gasteiger partial charge < -0.3 is 10.1 Å². The van der Waals surface area contributed by atoms with Gasteiger partial charge in [-0.3, -0.25) is 4.79 Å². The highest BCUT2D eigenvalue weighted by molar-refractivity contribution is 6.30. The Morgan fingerprint density at radius 2 is 1.87 bits per heavy atom. The van der Waals surface area contributed by atoms with Gasteiger partial charge in [0, 0.05) is 11.6 Å². The fourth-order valence-corrected chi connectivity index (χ4v) is 2.36. The second kappa shape index (κ2) is 8.59. The number of benzene rings is 2. The molecule has 4 heteroatoms. The third-order valence-electron chi connectivity index (χ3n) is 3.82. The first-order valence-electron chi connectivity index (χ1n) is 7.83. The highest BCUT2D eigenvalue weighted by Crippen LogP contribution is 2.28. The summed E-state index contributed by atoms with van der Waals surface area (Å²) in [5.74, 6) is 1.05. The van der Waals surface area contributed by atoms with Crippen molar-refractivity contribution in [1.29, 1.82) is 0 Å². The van der Waals surface area contributed by atoms with Crippen molar-refractivity contribution in [2.24, 2.45) is 0 Å². The largest absolute Gasteiger partial charge is 0.483 e. The molecule has 1 unspecified atom stereocenters. The molecule has 2 aromatic carbocycles. The van der Waals surface area contributed by atoms with Gasteiger partial charge in [0.05, 0.1) is 0 Å². The highest BCUT2D eigenvalue weighted by Gasteiger charge is 2.11. The summed E-state index contributed by atoms with van der Waals surface area (Å²) >= 11 is 5.84. The van der Waals surface area contributed by atoms with Crippen LogP contribution in [0.5, 0.6) is 5.75 Å². The SMILES string of the molecule is CCC(C)c1ccccc1OCC(=O)NCc1ccc(Cl)cc1. The lowest BCUT2D eigenvalue weighted by Crippen LogP contribution is -2.28. The van der Waals surface area contributed by atoms with Crippen molar-refractivity contribution in [2.75, 3.05) is 6.61 Å². The topological polar surface area (TPSA) is 38.3 Å². The second-order valence-corrected chi connectivity index (χ2v) is 5.98. The van der Waals surface area contributed by atoms with E-state index in [2.05, 4.69) is 25.2 Å². The zero-order chi connectivity index (χ0) is 16.7. The van der Waals surface area contributed by atoms with Crippen molar-refractivity contribution in [3.05, 3.63) is 64.7 Å². The number of halogens is 1. The van der Waals surface area contributed by atoms with Crippen molar-refractivity contribution in [2.45, 2.75) is 32.7 Å². The molecule has 0 spiro atoms. The Morgan fingerprint density at radius 1 is 1.17 bits per heavy atom. The normalized spacial score (nSPS) is 11.8. The Hall–Kier alpha value is -2.00.